The highest BCUT2D eigenvalue weighted by Crippen LogP contribution is 2.37. The van der Waals surface area contributed by atoms with E-state index in [1.165, 1.54) is 60.1 Å². The van der Waals surface area contributed by atoms with Crippen LogP contribution in [-0.2, 0) is 0 Å². The molecule has 0 radical (unpaired) electrons. The van der Waals surface area contributed by atoms with Gasteiger partial charge in [0.25, 0.3) is 0 Å². The summed E-state index contributed by atoms with van der Waals surface area (Å²) in [6.07, 6.45) is 7.69. The summed E-state index contributed by atoms with van der Waals surface area (Å²) in [5.41, 5.74) is 1.09. The van der Waals surface area contributed by atoms with Crippen molar-refractivity contribution in [3.63, 3.8) is 0 Å². The van der Waals surface area contributed by atoms with Gasteiger partial charge in [0.1, 0.15) is 0 Å². The lowest BCUT2D eigenvalue weighted by atomic mass is 9.78. The normalized spacial score (nSPS) is 24.8. The van der Waals surface area contributed by atoms with Gasteiger partial charge in [0.05, 0.1) is 6.10 Å². The molecule has 0 aromatic heterocycles. The van der Waals surface area contributed by atoms with Gasteiger partial charge in [0.15, 0.2) is 0 Å². The number of likely N-dealkylation sites (tertiary alicyclic amines) is 1. The average molecular weight is 360 g/mol. The number of piperidine rings is 1. The number of aliphatic hydroxyl groups is 1. The van der Waals surface area contributed by atoms with Crippen LogP contribution < -0.4 is 0 Å². The predicted molar refractivity (Wildman–Crippen MR) is 113 cm³/mol. The van der Waals surface area contributed by atoms with Crippen molar-refractivity contribution < 1.29 is 5.11 Å². The van der Waals surface area contributed by atoms with Crippen molar-refractivity contribution in [2.45, 2.75) is 50.7 Å². The summed E-state index contributed by atoms with van der Waals surface area (Å²) in [5.74, 6) is 0.855. The van der Waals surface area contributed by atoms with Crippen LogP contribution in [0.5, 0.6) is 0 Å². The van der Waals surface area contributed by atoms with Crippen LogP contribution in [0, 0.1) is 5.92 Å². The second kappa shape index (κ2) is 7.26. The van der Waals surface area contributed by atoms with E-state index in [1.807, 2.05) is 0 Å². The highest BCUT2D eigenvalue weighted by molar-refractivity contribution is 6.09. The molecule has 0 spiro atoms. The molecule has 2 aliphatic rings. The molecule has 1 heterocycles. The molecule has 1 saturated carbocycles. The third-order valence-corrected chi connectivity index (χ3v) is 6.92. The van der Waals surface area contributed by atoms with Crippen molar-refractivity contribution in [1.82, 2.24) is 4.90 Å². The van der Waals surface area contributed by atoms with E-state index < -0.39 is 6.10 Å². The predicted octanol–water partition coefficient (Wildman–Crippen LogP) is 5.68. The number of aliphatic hydroxyl groups excluding tert-OH is 1. The van der Waals surface area contributed by atoms with Gasteiger partial charge in [-0.05, 0) is 71.3 Å². The van der Waals surface area contributed by atoms with Crippen LogP contribution in [0.1, 0.15) is 50.2 Å². The molecule has 0 amide bonds. The van der Waals surface area contributed by atoms with Crippen LogP contribution in [0.25, 0.3) is 21.5 Å². The summed E-state index contributed by atoms with van der Waals surface area (Å²) < 4.78 is 0. The molecule has 2 fully saturated rings. The van der Waals surface area contributed by atoms with E-state index in [-0.39, 0.29) is 0 Å². The summed E-state index contributed by atoms with van der Waals surface area (Å²) in [6.45, 7) is 1.91. The van der Waals surface area contributed by atoms with Crippen molar-refractivity contribution in [2.75, 3.05) is 13.1 Å². The quantitative estimate of drug-likeness (QED) is 0.608. The molecule has 1 aliphatic heterocycles. The fourth-order valence-corrected chi connectivity index (χ4v) is 5.63. The van der Waals surface area contributed by atoms with Gasteiger partial charge in [-0.25, -0.2) is 0 Å². The van der Waals surface area contributed by atoms with Gasteiger partial charge >= 0.3 is 0 Å². The van der Waals surface area contributed by atoms with Gasteiger partial charge < -0.3 is 5.11 Å². The Kier molecular flexibility index (Phi) is 4.63. The molecule has 5 rings (SSSR count). The minimum Gasteiger partial charge on any atom is -0.387 e. The van der Waals surface area contributed by atoms with Crippen LogP contribution in [-0.4, -0.2) is 29.1 Å². The first-order valence-electron chi connectivity index (χ1n) is 10.6. The lowest BCUT2D eigenvalue weighted by molar-refractivity contribution is 0.0209. The topological polar surface area (TPSA) is 23.5 Å². The lowest BCUT2D eigenvalue weighted by Gasteiger charge is -2.45. The van der Waals surface area contributed by atoms with E-state index in [4.69, 9.17) is 0 Å². The minimum atomic E-state index is -0.430. The Bertz CT molecular complexity index is 947. The molecule has 3 atom stereocenters. The van der Waals surface area contributed by atoms with E-state index in [0.717, 1.165) is 24.6 Å². The van der Waals surface area contributed by atoms with E-state index in [1.54, 1.807) is 0 Å². The molecule has 27 heavy (non-hydrogen) atoms. The zero-order chi connectivity index (χ0) is 18.2. The standard InChI is InChI=1S/C25H29NO/c27-25(17-26-15-7-10-18-8-2-6-14-24(18)26)23-16-19-9-1-3-11-20(19)21-12-4-5-13-22(21)23/h1,3-5,9,11-13,16,18,24-25,27H,2,6-8,10,14-15,17H2. The fraction of sp³-hybridized carbons (Fsp3) is 0.440. The van der Waals surface area contributed by atoms with Gasteiger partial charge in [-0.1, -0.05) is 61.4 Å². The van der Waals surface area contributed by atoms with Crippen molar-refractivity contribution in [1.29, 1.82) is 0 Å². The van der Waals surface area contributed by atoms with Crippen LogP contribution >= 0.6 is 0 Å². The Hall–Kier alpha value is -1.90. The first-order valence-corrected chi connectivity index (χ1v) is 10.6. The Morgan fingerprint density at radius 2 is 1.56 bits per heavy atom. The van der Waals surface area contributed by atoms with Crippen molar-refractivity contribution in [2.24, 2.45) is 5.92 Å². The SMILES string of the molecule is OC(CN1CCCC2CCCCC21)c1cc2ccccc2c2ccccc12. The molecular weight excluding hydrogens is 330 g/mol. The van der Waals surface area contributed by atoms with Gasteiger partial charge in [-0.3, -0.25) is 4.90 Å². The maximum atomic E-state index is 11.3. The summed E-state index contributed by atoms with van der Waals surface area (Å²) in [7, 11) is 0. The molecule has 140 valence electrons. The summed E-state index contributed by atoms with van der Waals surface area (Å²) in [5, 5.41) is 16.2. The third kappa shape index (κ3) is 3.15. The number of benzene rings is 3. The molecule has 1 aliphatic carbocycles. The van der Waals surface area contributed by atoms with E-state index in [2.05, 4.69) is 59.5 Å². The molecule has 3 unspecified atom stereocenters. The molecule has 3 aromatic carbocycles. The molecule has 3 aromatic rings. The Morgan fingerprint density at radius 3 is 2.44 bits per heavy atom. The lowest BCUT2D eigenvalue weighted by Crippen LogP contribution is -2.48. The zero-order valence-corrected chi connectivity index (χ0v) is 16.0. The summed E-state index contributed by atoms with van der Waals surface area (Å²) in [6, 6.07) is 20.0. The smallest absolute Gasteiger partial charge is 0.0923 e. The maximum Gasteiger partial charge on any atom is 0.0923 e. The second-order valence-electron chi connectivity index (χ2n) is 8.50. The average Bonchev–Trinajstić information content (AvgIpc) is 2.73. The molecule has 2 nitrogen and oxygen atoms in total. The minimum absolute atomic E-state index is 0.430. The third-order valence-electron chi connectivity index (χ3n) is 6.92. The zero-order valence-electron chi connectivity index (χ0n) is 16.0. The highest BCUT2D eigenvalue weighted by Gasteiger charge is 2.34. The monoisotopic (exact) mass is 359 g/mol. The largest absolute Gasteiger partial charge is 0.387 e. The Balaban J connectivity index is 1.50. The van der Waals surface area contributed by atoms with E-state index in [0.29, 0.717) is 6.04 Å². The molecule has 0 bridgehead atoms. The van der Waals surface area contributed by atoms with Crippen LogP contribution in [0.4, 0.5) is 0 Å². The van der Waals surface area contributed by atoms with E-state index in [9.17, 15) is 5.11 Å². The number of hydrogen-bond acceptors (Lipinski definition) is 2. The van der Waals surface area contributed by atoms with Gasteiger partial charge in [-0.2, -0.15) is 0 Å². The summed E-state index contributed by atoms with van der Waals surface area (Å²) in [4.78, 5) is 2.60. The van der Waals surface area contributed by atoms with Gasteiger partial charge in [0, 0.05) is 12.6 Å². The summed E-state index contributed by atoms with van der Waals surface area (Å²) >= 11 is 0. The molecule has 1 N–H and O–H groups in total. The second-order valence-corrected chi connectivity index (χ2v) is 8.50. The van der Waals surface area contributed by atoms with Crippen LogP contribution in [0.2, 0.25) is 0 Å². The number of β-amino-alcohol motifs (C(OH)–C–C–N with tert-alkyl or cyclic N) is 1. The van der Waals surface area contributed by atoms with Gasteiger partial charge in [0.2, 0.25) is 0 Å². The number of rotatable bonds is 3. The van der Waals surface area contributed by atoms with Crippen molar-refractivity contribution >= 4 is 21.5 Å². The van der Waals surface area contributed by atoms with Crippen LogP contribution in [0.3, 0.4) is 0 Å². The Morgan fingerprint density at radius 1 is 0.852 bits per heavy atom. The Labute approximate surface area is 161 Å². The van der Waals surface area contributed by atoms with Crippen LogP contribution in [0.15, 0.2) is 54.6 Å². The fourth-order valence-electron chi connectivity index (χ4n) is 5.63. The van der Waals surface area contributed by atoms with Gasteiger partial charge in [-0.15, -0.1) is 0 Å². The first-order chi connectivity index (χ1) is 13.3. The molecule has 1 saturated heterocycles. The number of fused-ring (bicyclic) bond motifs is 4. The molecular formula is C25H29NO. The first kappa shape index (κ1) is 17.2. The van der Waals surface area contributed by atoms with Crippen molar-refractivity contribution in [3.8, 4) is 0 Å². The number of hydrogen-bond donors (Lipinski definition) is 1. The van der Waals surface area contributed by atoms with Crippen molar-refractivity contribution in [3.05, 3.63) is 60.2 Å². The molecule has 2 heteroatoms. The maximum absolute atomic E-state index is 11.3. The van der Waals surface area contributed by atoms with E-state index >= 15 is 0 Å². The number of nitrogens with zero attached hydrogens (tertiary/aromatic N) is 1. The highest BCUT2D eigenvalue weighted by atomic mass is 16.3.